The van der Waals surface area contributed by atoms with Crippen LogP contribution in [0.15, 0.2) is 65.8 Å². The van der Waals surface area contributed by atoms with Crippen molar-refractivity contribution >= 4 is 23.1 Å². The van der Waals surface area contributed by atoms with Crippen molar-refractivity contribution in [3.8, 4) is 0 Å². The first-order valence-electron chi connectivity index (χ1n) is 9.84. The molecular formula is C23H21F2N3O2S. The molecule has 0 saturated heterocycles. The molecule has 2 aromatic carbocycles. The maximum atomic E-state index is 14.5. The van der Waals surface area contributed by atoms with Crippen molar-refractivity contribution in [3.05, 3.63) is 93.2 Å². The van der Waals surface area contributed by atoms with Crippen LogP contribution in [0.4, 0.5) is 8.78 Å². The quantitative estimate of drug-likeness (QED) is 0.600. The number of hydrogen-bond donors (Lipinski definition) is 1. The third-order valence-electron chi connectivity index (χ3n) is 5.05. The zero-order valence-corrected chi connectivity index (χ0v) is 17.7. The van der Waals surface area contributed by atoms with Crippen molar-refractivity contribution in [3.63, 3.8) is 0 Å². The van der Waals surface area contributed by atoms with Crippen molar-refractivity contribution in [1.82, 2.24) is 5.01 Å². The summed E-state index contributed by atoms with van der Waals surface area (Å²) < 4.78 is 34.6. The fourth-order valence-corrected chi connectivity index (χ4v) is 4.34. The molecule has 8 heteroatoms. The number of carbonyl (C=O) groups is 1. The number of ether oxygens (including phenoxy) is 1. The highest BCUT2D eigenvalue weighted by Crippen LogP contribution is 2.42. The number of aryl methyl sites for hydroxylation is 1. The van der Waals surface area contributed by atoms with Crippen molar-refractivity contribution in [1.29, 1.82) is 0 Å². The Bertz CT molecular complexity index is 1130. The van der Waals surface area contributed by atoms with Gasteiger partial charge in [0.2, 0.25) is 11.6 Å². The first kappa shape index (κ1) is 21.1. The third kappa shape index (κ3) is 3.96. The van der Waals surface area contributed by atoms with Gasteiger partial charge in [-0.25, -0.2) is 8.78 Å². The highest BCUT2D eigenvalue weighted by Gasteiger charge is 2.50. The van der Waals surface area contributed by atoms with E-state index in [4.69, 9.17) is 10.5 Å². The molecule has 0 saturated carbocycles. The van der Waals surface area contributed by atoms with Gasteiger partial charge in [0.1, 0.15) is 11.6 Å². The molecule has 1 aliphatic rings. The summed E-state index contributed by atoms with van der Waals surface area (Å²) in [4.78, 5) is 14.9. The van der Waals surface area contributed by atoms with Crippen LogP contribution in [0.3, 0.4) is 0 Å². The van der Waals surface area contributed by atoms with Gasteiger partial charge in [-0.2, -0.15) is 5.01 Å². The average Bonchev–Trinajstić information content (AvgIpc) is 3.39. The van der Waals surface area contributed by atoms with Crippen molar-refractivity contribution in [2.24, 2.45) is 10.8 Å². The van der Waals surface area contributed by atoms with Gasteiger partial charge in [-0.3, -0.25) is 4.79 Å². The normalized spacial score (nSPS) is 18.1. The molecule has 0 spiro atoms. The van der Waals surface area contributed by atoms with E-state index in [-0.39, 0.29) is 17.4 Å². The summed E-state index contributed by atoms with van der Waals surface area (Å²) in [5.74, 6) is -1.86. The van der Waals surface area contributed by atoms with E-state index in [1.165, 1.54) is 16.3 Å². The predicted molar refractivity (Wildman–Crippen MR) is 116 cm³/mol. The van der Waals surface area contributed by atoms with Crippen LogP contribution in [0.5, 0.6) is 0 Å². The molecule has 0 bridgehead atoms. The van der Waals surface area contributed by atoms with Gasteiger partial charge in [-0.05, 0) is 50.2 Å². The van der Waals surface area contributed by atoms with E-state index >= 15 is 0 Å². The lowest BCUT2D eigenvalue weighted by Gasteiger charge is -2.35. The van der Waals surface area contributed by atoms with Crippen LogP contribution < -0.4 is 5.73 Å². The lowest BCUT2D eigenvalue weighted by molar-refractivity contribution is -0.0592. The number of hydrazone groups is 1. The summed E-state index contributed by atoms with van der Waals surface area (Å²) in [5, 5.41) is 5.61. The zero-order chi connectivity index (χ0) is 22.0. The topological polar surface area (TPSA) is 67.9 Å². The molecule has 1 atom stereocenters. The minimum Gasteiger partial charge on any atom is -0.443 e. The van der Waals surface area contributed by atoms with E-state index in [0.717, 1.165) is 23.1 Å². The minimum absolute atomic E-state index is 0.147. The molecule has 1 aliphatic heterocycles. The van der Waals surface area contributed by atoms with Crippen LogP contribution in [0.1, 0.15) is 38.5 Å². The number of carbonyl (C=O) groups excluding carboxylic acids is 1. The van der Waals surface area contributed by atoms with Gasteiger partial charge in [0.25, 0.3) is 5.91 Å². The van der Waals surface area contributed by atoms with Gasteiger partial charge < -0.3 is 10.5 Å². The fourth-order valence-electron chi connectivity index (χ4n) is 3.55. The van der Waals surface area contributed by atoms with Crippen molar-refractivity contribution in [2.75, 3.05) is 6.54 Å². The number of benzene rings is 2. The maximum absolute atomic E-state index is 14.5. The number of nitrogens with two attached hydrogens (primary N) is 1. The molecule has 5 nitrogen and oxygen atoms in total. The first-order valence-corrected chi connectivity index (χ1v) is 10.7. The van der Waals surface area contributed by atoms with E-state index < -0.39 is 17.4 Å². The smallest absolute Gasteiger partial charge is 0.287 e. The van der Waals surface area contributed by atoms with Crippen LogP contribution in [-0.4, -0.2) is 23.4 Å². The highest BCUT2D eigenvalue weighted by molar-refractivity contribution is 7.13. The van der Waals surface area contributed by atoms with Gasteiger partial charge in [0.15, 0.2) is 0 Å². The molecule has 1 unspecified atom stereocenters. The van der Waals surface area contributed by atoms with Crippen LogP contribution in [-0.2, 0) is 10.5 Å². The molecule has 0 aliphatic carbocycles. The van der Waals surface area contributed by atoms with Gasteiger partial charge in [0.05, 0.1) is 10.4 Å². The molecule has 31 heavy (non-hydrogen) atoms. The van der Waals surface area contributed by atoms with Gasteiger partial charge >= 0.3 is 0 Å². The molecule has 2 N–H and O–H groups in total. The molecular weight excluding hydrogens is 420 g/mol. The van der Waals surface area contributed by atoms with E-state index in [2.05, 4.69) is 5.10 Å². The monoisotopic (exact) mass is 441 g/mol. The molecule has 0 radical (unpaired) electrons. The summed E-state index contributed by atoms with van der Waals surface area (Å²) in [6, 6.07) is 15.7. The third-order valence-corrected chi connectivity index (χ3v) is 6.03. The van der Waals surface area contributed by atoms with Crippen LogP contribution >= 0.6 is 11.3 Å². The van der Waals surface area contributed by atoms with Crippen LogP contribution in [0, 0.1) is 18.6 Å². The minimum atomic E-state index is -1.33. The summed E-state index contributed by atoms with van der Waals surface area (Å²) in [7, 11) is 0. The van der Waals surface area contributed by atoms with E-state index in [9.17, 15) is 13.6 Å². The number of rotatable bonds is 6. The molecule has 1 amide bonds. The Morgan fingerprint density at radius 1 is 1.16 bits per heavy atom. The SMILES string of the molecule is Cc1ccc(C(=O)N2N=C(c3cc(F)ccc3F)OC2(CCCN)c2ccccc2)s1. The second-order valence-electron chi connectivity index (χ2n) is 7.20. The Hall–Kier alpha value is -3.10. The first-order chi connectivity index (χ1) is 14.9. The van der Waals surface area contributed by atoms with Crippen molar-refractivity contribution < 1.29 is 18.3 Å². The van der Waals surface area contributed by atoms with Crippen LogP contribution in [0.25, 0.3) is 0 Å². The molecule has 2 heterocycles. The zero-order valence-electron chi connectivity index (χ0n) is 16.8. The van der Waals surface area contributed by atoms with E-state index in [0.29, 0.717) is 29.8 Å². The lowest BCUT2D eigenvalue weighted by Crippen LogP contribution is -2.45. The number of thiophene rings is 1. The fraction of sp³-hybridized carbons (Fsp3) is 0.217. The largest absolute Gasteiger partial charge is 0.443 e. The Kier molecular flexibility index (Phi) is 5.84. The predicted octanol–water partition coefficient (Wildman–Crippen LogP) is 4.76. The molecule has 4 rings (SSSR count). The van der Waals surface area contributed by atoms with E-state index in [1.54, 1.807) is 6.07 Å². The molecule has 0 fully saturated rings. The standard InChI is InChI=1S/C23H21F2N3O2S/c1-15-8-11-20(31-15)22(29)28-23(12-5-13-26,16-6-3-2-4-7-16)30-21(27-28)18-14-17(24)9-10-19(18)25/h2-4,6-11,14H,5,12-13,26H2,1H3. The Morgan fingerprint density at radius 2 is 1.94 bits per heavy atom. The average molecular weight is 442 g/mol. The number of halogens is 2. The van der Waals surface area contributed by atoms with Crippen molar-refractivity contribution in [2.45, 2.75) is 25.5 Å². The summed E-state index contributed by atoms with van der Waals surface area (Å²) in [5.41, 5.74) is 4.96. The number of hydrogen-bond acceptors (Lipinski definition) is 5. The number of amides is 1. The van der Waals surface area contributed by atoms with Crippen LogP contribution in [0.2, 0.25) is 0 Å². The lowest BCUT2D eigenvalue weighted by atomic mass is 9.96. The molecule has 160 valence electrons. The molecule has 1 aromatic heterocycles. The molecule has 3 aromatic rings. The Labute approximate surface area is 182 Å². The van der Waals surface area contributed by atoms with Gasteiger partial charge in [-0.15, -0.1) is 16.4 Å². The summed E-state index contributed by atoms with van der Waals surface area (Å²) in [6.07, 6.45) is 0.851. The maximum Gasteiger partial charge on any atom is 0.287 e. The summed E-state index contributed by atoms with van der Waals surface area (Å²) >= 11 is 1.33. The second-order valence-corrected chi connectivity index (χ2v) is 8.49. The van der Waals surface area contributed by atoms with Gasteiger partial charge in [-0.1, -0.05) is 30.3 Å². The van der Waals surface area contributed by atoms with E-state index in [1.807, 2.05) is 43.3 Å². The Morgan fingerprint density at radius 3 is 2.61 bits per heavy atom. The Balaban J connectivity index is 1.87. The highest BCUT2D eigenvalue weighted by atomic mass is 32.1. The second kappa shape index (κ2) is 8.56. The summed E-state index contributed by atoms with van der Waals surface area (Å²) in [6.45, 7) is 2.26. The van der Waals surface area contributed by atoms with Gasteiger partial charge in [0, 0.05) is 16.9 Å². The number of nitrogens with zero attached hydrogens (tertiary/aromatic N) is 2.